The number of carbonyl (C=O) groups excluding carboxylic acids is 2. The van der Waals surface area contributed by atoms with Crippen LogP contribution in [0.25, 0.3) is 0 Å². The van der Waals surface area contributed by atoms with Crippen molar-refractivity contribution in [3.8, 4) is 5.75 Å². The molecule has 20 heteroatoms. The van der Waals surface area contributed by atoms with Gasteiger partial charge in [0.15, 0.2) is 5.75 Å². The third kappa shape index (κ3) is 10.8. The molecule has 1 aliphatic heterocycles. The lowest BCUT2D eigenvalue weighted by atomic mass is 9.80. The molecule has 2 heterocycles. The standard InChI is InChI=1S/C35H35F9N4O7/c1-3-32(45)17-25(24-16-21(33(36,37)38)7-8-27(24)48(32)31(52)55-11-5-10-53-19(2)49)30-46-18-28(54-9-4-6-29(50)51)26(47-30)14-20-12-22(34(39,40)41)15-23(13-20)35(42,43)44/h7-8,12-13,15-16,18,25H,3-6,9-11,14,17,45H2,1-2H3,(H,50,51)/t25-,32+/m0/s1. The van der Waals surface area contributed by atoms with E-state index in [1.807, 2.05) is 0 Å². The Morgan fingerprint density at radius 3 is 2.07 bits per heavy atom. The molecule has 0 fully saturated rings. The molecule has 0 spiro atoms. The Labute approximate surface area is 307 Å². The molecule has 0 bridgehead atoms. The molecule has 0 saturated carbocycles. The lowest BCUT2D eigenvalue weighted by Gasteiger charge is -2.46. The van der Waals surface area contributed by atoms with E-state index < -0.39 is 76.8 Å². The minimum absolute atomic E-state index is 0.00536. The molecule has 0 aliphatic carbocycles. The molecular weight excluding hydrogens is 759 g/mol. The number of hydrogen-bond acceptors (Lipinski definition) is 9. The highest BCUT2D eigenvalue weighted by Gasteiger charge is 2.47. The Kier molecular flexibility index (Phi) is 12.9. The van der Waals surface area contributed by atoms with E-state index >= 15 is 0 Å². The highest BCUT2D eigenvalue weighted by Crippen LogP contribution is 2.48. The number of hydrogen-bond donors (Lipinski definition) is 2. The van der Waals surface area contributed by atoms with Gasteiger partial charge in [0.05, 0.1) is 54.1 Å². The number of ether oxygens (including phenoxy) is 3. The zero-order valence-corrected chi connectivity index (χ0v) is 29.2. The van der Waals surface area contributed by atoms with Crippen molar-refractivity contribution in [1.82, 2.24) is 9.97 Å². The number of nitrogens with zero attached hydrogens (tertiary/aromatic N) is 3. The van der Waals surface area contributed by atoms with Crippen LogP contribution in [-0.2, 0) is 44.0 Å². The van der Waals surface area contributed by atoms with E-state index in [1.165, 1.54) is 6.92 Å². The Hall–Kier alpha value is -5.14. The number of esters is 1. The number of benzene rings is 2. The molecule has 0 unspecified atom stereocenters. The normalized spacial score (nSPS) is 17.4. The maximum atomic E-state index is 14.0. The first-order valence-corrected chi connectivity index (χ1v) is 16.6. The van der Waals surface area contributed by atoms with Crippen LogP contribution >= 0.6 is 0 Å². The van der Waals surface area contributed by atoms with E-state index in [2.05, 4.69) is 9.97 Å². The summed E-state index contributed by atoms with van der Waals surface area (Å²) in [4.78, 5) is 45.2. The zero-order valence-electron chi connectivity index (χ0n) is 29.2. The minimum Gasteiger partial charge on any atom is -0.490 e. The summed E-state index contributed by atoms with van der Waals surface area (Å²) in [6.45, 7) is 2.14. The zero-order chi connectivity index (χ0) is 40.9. The minimum atomic E-state index is -5.18. The maximum Gasteiger partial charge on any atom is 0.416 e. The summed E-state index contributed by atoms with van der Waals surface area (Å²) in [5.41, 5.74) is -0.307. The summed E-state index contributed by atoms with van der Waals surface area (Å²) >= 11 is 0. The second kappa shape index (κ2) is 16.7. The van der Waals surface area contributed by atoms with Gasteiger partial charge in [-0.15, -0.1) is 0 Å². The average molecular weight is 795 g/mol. The first kappa shape index (κ1) is 42.6. The number of fused-ring (bicyclic) bond motifs is 1. The van der Waals surface area contributed by atoms with Gasteiger partial charge in [-0.1, -0.05) is 6.92 Å². The van der Waals surface area contributed by atoms with Crippen molar-refractivity contribution in [2.24, 2.45) is 5.73 Å². The second-order valence-corrected chi connectivity index (χ2v) is 12.6. The monoisotopic (exact) mass is 794 g/mol. The van der Waals surface area contributed by atoms with Crippen molar-refractivity contribution in [3.63, 3.8) is 0 Å². The van der Waals surface area contributed by atoms with Crippen molar-refractivity contribution >= 4 is 23.7 Å². The first-order chi connectivity index (χ1) is 25.5. The molecule has 300 valence electrons. The number of nitrogens with two attached hydrogens (primary N) is 1. The maximum absolute atomic E-state index is 14.0. The summed E-state index contributed by atoms with van der Waals surface area (Å²) < 4.78 is 140. The van der Waals surface area contributed by atoms with Gasteiger partial charge in [-0.3, -0.25) is 14.5 Å². The van der Waals surface area contributed by atoms with Crippen LogP contribution in [0.2, 0.25) is 0 Å². The molecule has 0 radical (unpaired) electrons. The van der Waals surface area contributed by atoms with E-state index in [0.717, 1.165) is 23.2 Å². The number of anilines is 1. The van der Waals surface area contributed by atoms with Gasteiger partial charge in [-0.2, -0.15) is 39.5 Å². The van der Waals surface area contributed by atoms with Gasteiger partial charge in [-0.05, 0) is 66.8 Å². The molecule has 55 heavy (non-hydrogen) atoms. The molecule has 3 aromatic rings. The van der Waals surface area contributed by atoms with Crippen molar-refractivity contribution in [2.75, 3.05) is 24.7 Å². The number of alkyl halides is 9. The third-order valence-electron chi connectivity index (χ3n) is 8.56. The fraction of sp³-hybridized carbons (Fsp3) is 0.457. The average Bonchev–Trinajstić information content (AvgIpc) is 3.08. The SMILES string of the molecule is CC[C@]1(N)C[C@H](c2ncc(OCCCC(=O)O)c(Cc3cc(C(F)(F)F)cc(C(F)(F)F)c3)n2)c2cc(C(F)(F)F)ccc2N1C(=O)OCCCOC(C)=O. The van der Waals surface area contributed by atoms with E-state index in [0.29, 0.717) is 18.2 Å². The quantitative estimate of drug-likeness (QED) is 0.0993. The summed E-state index contributed by atoms with van der Waals surface area (Å²) in [5.74, 6) is -3.47. The summed E-state index contributed by atoms with van der Waals surface area (Å²) in [7, 11) is 0. The van der Waals surface area contributed by atoms with Crippen molar-refractivity contribution < 1.29 is 73.2 Å². The number of aromatic nitrogens is 2. The lowest BCUT2D eigenvalue weighted by molar-refractivity contribution is -0.143. The molecule has 2 atom stereocenters. The topological polar surface area (TPSA) is 154 Å². The largest absolute Gasteiger partial charge is 0.490 e. The van der Waals surface area contributed by atoms with Crippen LogP contribution in [0.4, 0.5) is 50.0 Å². The Balaban J connectivity index is 1.84. The van der Waals surface area contributed by atoms with Crippen LogP contribution in [-0.4, -0.2) is 58.6 Å². The number of carbonyl (C=O) groups is 3. The number of aliphatic carboxylic acids is 1. The molecule has 11 nitrogen and oxygen atoms in total. The number of amides is 1. The smallest absolute Gasteiger partial charge is 0.416 e. The molecule has 2 aromatic carbocycles. The van der Waals surface area contributed by atoms with Gasteiger partial charge in [0.1, 0.15) is 11.5 Å². The van der Waals surface area contributed by atoms with Gasteiger partial charge in [0.2, 0.25) is 0 Å². The van der Waals surface area contributed by atoms with Gasteiger partial charge in [0, 0.05) is 32.1 Å². The number of carboxylic acids is 1. The van der Waals surface area contributed by atoms with Crippen LogP contribution in [0.1, 0.15) is 91.2 Å². The molecule has 3 N–H and O–H groups in total. The van der Waals surface area contributed by atoms with Gasteiger partial charge >= 0.3 is 36.6 Å². The fourth-order valence-electron chi connectivity index (χ4n) is 5.88. The number of halogens is 9. The van der Waals surface area contributed by atoms with Crippen molar-refractivity contribution in [3.05, 3.63) is 81.9 Å². The summed E-state index contributed by atoms with van der Waals surface area (Å²) in [5, 5.41) is 8.98. The molecular formula is C35H35F9N4O7. The predicted molar refractivity (Wildman–Crippen MR) is 174 cm³/mol. The van der Waals surface area contributed by atoms with E-state index in [9.17, 15) is 53.9 Å². The lowest BCUT2D eigenvalue weighted by Crippen LogP contribution is -2.61. The second-order valence-electron chi connectivity index (χ2n) is 12.6. The Morgan fingerprint density at radius 1 is 0.891 bits per heavy atom. The van der Waals surface area contributed by atoms with Gasteiger partial charge in [-0.25, -0.2) is 14.8 Å². The van der Waals surface area contributed by atoms with Gasteiger partial charge < -0.3 is 25.1 Å². The first-order valence-electron chi connectivity index (χ1n) is 16.6. The van der Waals surface area contributed by atoms with E-state index in [-0.39, 0.29) is 86.5 Å². The summed E-state index contributed by atoms with van der Waals surface area (Å²) in [6, 6.07) is 3.37. The van der Waals surface area contributed by atoms with Crippen LogP contribution in [0, 0.1) is 0 Å². The molecule has 0 saturated heterocycles. The van der Waals surface area contributed by atoms with E-state index in [4.69, 9.17) is 25.1 Å². The van der Waals surface area contributed by atoms with Crippen LogP contribution < -0.4 is 15.4 Å². The predicted octanol–water partition coefficient (Wildman–Crippen LogP) is 7.86. The summed E-state index contributed by atoms with van der Waals surface area (Å²) in [6.07, 6.45) is -16.6. The Morgan fingerprint density at radius 2 is 1.51 bits per heavy atom. The van der Waals surface area contributed by atoms with Crippen LogP contribution in [0.5, 0.6) is 5.75 Å². The molecule has 4 rings (SSSR count). The molecule has 1 amide bonds. The van der Waals surface area contributed by atoms with E-state index in [1.54, 1.807) is 6.92 Å². The van der Waals surface area contributed by atoms with Gasteiger partial charge in [0.25, 0.3) is 0 Å². The number of carboxylic acid groups (broad SMARTS) is 1. The van der Waals surface area contributed by atoms with Crippen molar-refractivity contribution in [1.29, 1.82) is 0 Å². The highest BCUT2D eigenvalue weighted by molar-refractivity contribution is 5.91. The Bertz CT molecular complexity index is 1850. The highest BCUT2D eigenvalue weighted by atomic mass is 19.4. The third-order valence-corrected chi connectivity index (χ3v) is 8.56. The fourth-order valence-corrected chi connectivity index (χ4v) is 5.88. The molecule has 1 aromatic heterocycles. The van der Waals surface area contributed by atoms with Crippen LogP contribution in [0.3, 0.4) is 0 Å². The van der Waals surface area contributed by atoms with Crippen molar-refractivity contribution in [2.45, 2.75) is 82.5 Å². The van der Waals surface area contributed by atoms with Crippen LogP contribution in [0.15, 0.2) is 42.6 Å². The molecule has 1 aliphatic rings. The number of rotatable bonds is 13.